The molecule has 27 heavy (non-hydrogen) atoms. The molecule has 2 heterocycles. The summed E-state index contributed by atoms with van der Waals surface area (Å²) in [4.78, 5) is 39.3. The van der Waals surface area contributed by atoms with Crippen molar-refractivity contribution in [2.45, 2.75) is 18.4 Å². The van der Waals surface area contributed by atoms with Crippen LogP contribution in [0.1, 0.15) is 22.8 Å². The molecule has 1 saturated heterocycles. The monoisotopic (exact) mass is 385 g/mol. The number of hydrogen-bond donors (Lipinski definition) is 0. The number of carbonyl (C=O) groups is 3. The molecule has 1 amide bonds. The minimum absolute atomic E-state index is 0.164. The van der Waals surface area contributed by atoms with Gasteiger partial charge in [0.05, 0.1) is 19.9 Å². The van der Waals surface area contributed by atoms with Crippen molar-refractivity contribution < 1.29 is 23.9 Å². The predicted octanol–water partition coefficient (Wildman–Crippen LogP) is 3.00. The van der Waals surface area contributed by atoms with Crippen molar-refractivity contribution in [2.75, 3.05) is 19.1 Å². The molecule has 1 aromatic heterocycles. The van der Waals surface area contributed by atoms with Crippen molar-refractivity contribution in [3.63, 3.8) is 0 Å². The second-order valence-corrected chi connectivity index (χ2v) is 6.95. The number of amides is 1. The normalized spacial score (nSPS) is 19.5. The average molecular weight is 385 g/mol. The van der Waals surface area contributed by atoms with Gasteiger partial charge in [0, 0.05) is 23.3 Å². The van der Waals surface area contributed by atoms with Gasteiger partial charge in [-0.3, -0.25) is 9.69 Å². The van der Waals surface area contributed by atoms with Crippen LogP contribution in [0.15, 0.2) is 47.9 Å². The lowest BCUT2D eigenvalue weighted by Gasteiger charge is -2.27. The van der Waals surface area contributed by atoms with E-state index in [2.05, 4.69) is 4.74 Å². The van der Waals surface area contributed by atoms with E-state index < -0.39 is 18.0 Å². The quantitative estimate of drug-likeness (QED) is 0.584. The number of methoxy groups -OCH3 is 2. The number of ether oxygens (including phenoxy) is 2. The molecule has 1 aromatic carbocycles. The first-order valence-electron chi connectivity index (χ1n) is 8.35. The lowest BCUT2D eigenvalue weighted by Crippen LogP contribution is -2.42. The van der Waals surface area contributed by atoms with Gasteiger partial charge in [-0.2, -0.15) is 0 Å². The molecule has 7 heteroatoms. The van der Waals surface area contributed by atoms with Gasteiger partial charge < -0.3 is 9.47 Å². The third-order valence-electron chi connectivity index (χ3n) is 4.47. The van der Waals surface area contributed by atoms with Crippen LogP contribution < -0.4 is 4.90 Å². The molecule has 0 N–H and O–H groups in total. The molecule has 0 bridgehead atoms. The Bertz CT molecular complexity index is 874. The van der Waals surface area contributed by atoms with Gasteiger partial charge in [0.25, 0.3) is 0 Å². The molecule has 3 rings (SSSR count). The number of rotatable bonds is 5. The van der Waals surface area contributed by atoms with Crippen LogP contribution >= 0.6 is 11.3 Å². The topological polar surface area (TPSA) is 72.9 Å². The van der Waals surface area contributed by atoms with Gasteiger partial charge in [-0.15, -0.1) is 11.3 Å². The van der Waals surface area contributed by atoms with E-state index in [1.807, 2.05) is 17.5 Å². The van der Waals surface area contributed by atoms with Crippen LogP contribution in [0.5, 0.6) is 0 Å². The van der Waals surface area contributed by atoms with Crippen molar-refractivity contribution in [2.24, 2.45) is 0 Å². The first-order chi connectivity index (χ1) is 13.1. The Morgan fingerprint density at radius 2 is 1.93 bits per heavy atom. The summed E-state index contributed by atoms with van der Waals surface area (Å²) in [6.45, 7) is 0. The van der Waals surface area contributed by atoms with Crippen LogP contribution in [-0.2, 0) is 23.9 Å². The largest absolute Gasteiger partial charge is 0.467 e. The van der Waals surface area contributed by atoms with Crippen molar-refractivity contribution >= 4 is 40.9 Å². The van der Waals surface area contributed by atoms with Gasteiger partial charge in [0.15, 0.2) is 0 Å². The maximum absolute atomic E-state index is 12.9. The lowest BCUT2D eigenvalue weighted by molar-refractivity contribution is -0.142. The molecule has 1 aliphatic heterocycles. The van der Waals surface area contributed by atoms with E-state index in [0.29, 0.717) is 11.3 Å². The molecule has 0 spiro atoms. The first-order valence-corrected chi connectivity index (χ1v) is 9.23. The number of benzene rings is 1. The number of nitrogens with zero attached hydrogens (tertiary/aromatic N) is 1. The molecule has 1 fully saturated rings. The minimum atomic E-state index is -0.756. The summed E-state index contributed by atoms with van der Waals surface area (Å²) in [7, 11) is 2.61. The van der Waals surface area contributed by atoms with E-state index in [9.17, 15) is 14.4 Å². The zero-order valence-electron chi connectivity index (χ0n) is 15.0. The summed E-state index contributed by atoms with van der Waals surface area (Å²) in [5, 5.41) is 1.92. The standard InChI is InChI=1S/C20H19NO5S/c1-25-18(23)10-9-13-6-3-4-7-15(13)21-17(22)12-14(16-8-5-11-27-16)19(21)20(24)26-2/h3-11,14,19H,12H2,1-2H3/b10-9+/t14-,19+/m1/s1. The number of carbonyl (C=O) groups excluding carboxylic acids is 3. The first kappa shape index (κ1) is 18.8. The molecule has 6 nitrogen and oxygen atoms in total. The Morgan fingerprint density at radius 3 is 2.59 bits per heavy atom. The molecular formula is C20H19NO5S. The summed E-state index contributed by atoms with van der Waals surface area (Å²) in [6.07, 6.45) is 3.07. The van der Waals surface area contributed by atoms with Crippen LogP contribution in [-0.4, -0.2) is 38.1 Å². The van der Waals surface area contributed by atoms with Crippen molar-refractivity contribution in [1.29, 1.82) is 0 Å². The van der Waals surface area contributed by atoms with Gasteiger partial charge >= 0.3 is 11.9 Å². The smallest absolute Gasteiger partial charge is 0.330 e. The molecule has 0 saturated carbocycles. The van der Waals surface area contributed by atoms with Crippen molar-refractivity contribution in [1.82, 2.24) is 0 Å². The van der Waals surface area contributed by atoms with E-state index in [0.717, 1.165) is 4.88 Å². The zero-order valence-corrected chi connectivity index (χ0v) is 15.8. The van der Waals surface area contributed by atoms with Gasteiger partial charge in [-0.1, -0.05) is 24.3 Å². The second kappa shape index (κ2) is 8.18. The van der Waals surface area contributed by atoms with Crippen LogP contribution in [0, 0.1) is 0 Å². The lowest BCUT2D eigenvalue weighted by atomic mass is 9.98. The maximum atomic E-state index is 12.9. The van der Waals surface area contributed by atoms with Crippen molar-refractivity contribution in [3.8, 4) is 0 Å². The van der Waals surface area contributed by atoms with E-state index in [1.54, 1.807) is 30.3 Å². The van der Waals surface area contributed by atoms with E-state index in [1.165, 1.54) is 36.5 Å². The fraction of sp³-hybridized carbons (Fsp3) is 0.250. The highest BCUT2D eigenvalue weighted by molar-refractivity contribution is 7.10. The van der Waals surface area contributed by atoms with Crippen LogP contribution in [0.3, 0.4) is 0 Å². The molecule has 1 aliphatic rings. The van der Waals surface area contributed by atoms with Gasteiger partial charge in [-0.25, -0.2) is 9.59 Å². The van der Waals surface area contributed by atoms with E-state index in [-0.39, 0.29) is 18.2 Å². The minimum Gasteiger partial charge on any atom is -0.467 e. The molecule has 0 radical (unpaired) electrons. The summed E-state index contributed by atoms with van der Waals surface area (Å²) in [5.41, 5.74) is 1.19. The Hall–Kier alpha value is -2.93. The highest BCUT2D eigenvalue weighted by Crippen LogP contribution is 2.41. The van der Waals surface area contributed by atoms with Gasteiger partial charge in [0.2, 0.25) is 5.91 Å². The van der Waals surface area contributed by atoms with Gasteiger partial charge in [0.1, 0.15) is 6.04 Å². The third kappa shape index (κ3) is 3.78. The summed E-state index contributed by atoms with van der Waals surface area (Å²) in [6, 6.07) is 10.2. The predicted molar refractivity (Wildman–Crippen MR) is 102 cm³/mol. The summed E-state index contributed by atoms with van der Waals surface area (Å²) >= 11 is 1.51. The third-order valence-corrected chi connectivity index (χ3v) is 5.47. The maximum Gasteiger partial charge on any atom is 0.330 e. The molecule has 140 valence electrons. The van der Waals surface area contributed by atoms with E-state index in [4.69, 9.17) is 4.74 Å². The highest BCUT2D eigenvalue weighted by Gasteiger charge is 2.47. The summed E-state index contributed by atoms with van der Waals surface area (Å²) in [5.74, 6) is -1.41. The highest BCUT2D eigenvalue weighted by atomic mass is 32.1. The van der Waals surface area contributed by atoms with Crippen LogP contribution in [0.2, 0.25) is 0 Å². The van der Waals surface area contributed by atoms with Crippen LogP contribution in [0.4, 0.5) is 5.69 Å². The fourth-order valence-corrected chi connectivity index (χ4v) is 4.10. The Balaban J connectivity index is 2.04. The molecule has 0 aliphatic carbocycles. The molecular weight excluding hydrogens is 366 g/mol. The summed E-state index contributed by atoms with van der Waals surface area (Å²) < 4.78 is 9.62. The Kier molecular flexibility index (Phi) is 5.71. The molecule has 0 unspecified atom stereocenters. The second-order valence-electron chi connectivity index (χ2n) is 5.97. The number of thiophene rings is 1. The Labute approximate surface area is 161 Å². The fourth-order valence-electron chi connectivity index (χ4n) is 3.24. The molecule has 2 aromatic rings. The SMILES string of the molecule is COC(=O)/C=C/c1ccccc1N1C(=O)C[C@H](c2cccs2)[C@H]1C(=O)OC. The van der Waals surface area contributed by atoms with Gasteiger partial charge in [-0.05, 0) is 29.2 Å². The average Bonchev–Trinajstić information content (AvgIpc) is 3.33. The zero-order chi connectivity index (χ0) is 19.4. The number of anilines is 1. The van der Waals surface area contributed by atoms with Crippen molar-refractivity contribution in [3.05, 3.63) is 58.3 Å². The number of hydrogen-bond acceptors (Lipinski definition) is 6. The van der Waals surface area contributed by atoms with E-state index >= 15 is 0 Å². The molecule has 2 atom stereocenters. The number of para-hydroxylation sites is 1. The number of esters is 2. The Morgan fingerprint density at radius 1 is 1.15 bits per heavy atom. The van der Waals surface area contributed by atoms with Crippen LogP contribution in [0.25, 0.3) is 6.08 Å².